The van der Waals surface area contributed by atoms with Crippen molar-refractivity contribution in [2.45, 2.75) is 0 Å². The minimum absolute atomic E-state index is 0.0157. The number of carbonyl (C=O) groups excluding carboxylic acids is 1. The van der Waals surface area contributed by atoms with E-state index in [1.165, 1.54) is 12.1 Å². The molecule has 2 rings (SSSR count). The Balaban J connectivity index is 2.15. The highest BCUT2D eigenvalue weighted by Crippen LogP contribution is 2.24. The van der Waals surface area contributed by atoms with E-state index in [-0.39, 0.29) is 17.1 Å². The van der Waals surface area contributed by atoms with Gasteiger partial charge in [-0.2, -0.15) is 0 Å². The van der Waals surface area contributed by atoms with Gasteiger partial charge in [-0.25, -0.2) is 4.79 Å². The Kier molecular flexibility index (Phi) is 4.40. The topological polar surface area (TPSA) is 95.9 Å². The van der Waals surface area contributed by atoms with Crippen LogP contribution in [-0.4, -0.2) is 28.7 Å². The normalized spacial score (nSPS) is 9.90. The number of carboxylic acids is 1. The van der Waals surface area contributed by atoms with Crippen molar-refractivity contribution in [3.8, 4) is 11.5 Å². The van der Waals surface area contributed by atoms with Crippen LogP contribution < -0.4 is 10.1 Å². The summed E-state index contributed by atoms with van der Waals surface area (Å²) in [6.07, 6.45) is 0. The van der Waals surface area contributed by atoms with Crippen molar-refractivity contribution in [3.63, 3.8) is 0 Å². The number of phenolic OH excluding ortho intramolecular Hbond substituents is 1. The van der Waals surface area contributed by atoms with Crippen LogP contribution in [0.4, 0.5) is 5.69 Å². The van der Waals surface area contributed by atoms with E-state index in [4.69, 9.17) is 9.84 Å². The minimum Gasteiger partial charge on any atom is -0.508 e. The van der Waals surface area contributed by atoms with E-state index in [1.807, 2.05) is 0 Å². The molecule has 108 valence electrons. The first-order valence-corrected chi connectivity index (χ1v) is 6.10. The minimum atomic E-state index is -1.11. The summed E-state index contributed by atoms with van der Waals surface area (Å²) in [5, 5.41) is 20.6. The summed E-state index contributed by atoms with van der Waals surface area (Å²) in [6, 6.07) is 12.4. The Hall–Kier alpha value is -3.02. The second kappa shape index (κ2) is 6.42. The lowest BCUT2D eigenvalue weighted by Crippen LogP contribution is -2.14. The highest BCUT2D eigenvalue weighted by molar-refractivity contribution is 6.05. The maximum atomic E-state index is 12.1. The van der Waals surface area contributed by atoms with Gasteiger partial charge in [0.25, 0.3) is 5.91 Å². The van der Waals surface area contributed by atoms with Gasteiger partial charge in [0.15, 0.2) is 6.61 Å². The fourth-order valence-electron chi connectivity index (χ4n) is 1.68. The summed E-state index contributed by atoms with van der Waals surface area (Å²) in [5.74, 6) is -1.30. The summed E-state index contributed by atoms with van der Waals surface area (Å²) in [4.78, 5) is 22.6. The molecule has 2 aromatic carbocycles. The molecular weight excluding hydrogens is 274 g/mol. The molecule has 0 heterocycles. The molecule has 0 aliphatic rings. The summed E-state index contributed by atoms with van der Waals surface area (Å²) in [5.41, 5.74) is 0.634. The largest absolute Gasteiger partial charge is 0.508 e. The number of nitrogens with one attached hydrogen (secondary N) is 1. The molecule has 0 fully saturated rings. The Morgan fingerprint density at radius 3 is 2.57 bits per heavy atom. The van der Waals surface area contributed by atoms with Crippen LogP contribution in [0.3, 0.4) is 0 Å². The first-order chi connectivity index (χ1) is 10.1. The van der Waals surface area contributed by atoms with Gasteiger partial charge in [0.2, 0.25) is 0 Å². The Morgan fingerprint density at radius 1 is 1.10 bits per heavy atom. The summed E-state index contributed by atoms with van der Waals surface area (Å²) >= 11 is 0. The van der Waals surface area contributed by atoms with Crippen molar-refractivity contribution in [2.75, 3.05) is 11.9 Å². The van der Waals surface area contributed by atoms with E-state index in [2.05, 4.69) is 5.32 Å². The zero-order chi connectivity index (χ0) is 15.2. The van der Waals surface area contributed by atoms with E-state index in [9.17, 15) is 14.7 Å². The van der Waals surface area contributed by atoms with E-state index >= 15 is 0 Å². The third-order valence-corrected chi connectivity index (χ3v) is 2.59. The molecule has 0 aromatic heterocycles. The third kappa shape index (κ3) is 3.97. The molecule has 0 unspecified atom stereocenters. The van der Waals surface area contributed by atoms with E-state index in [1.54, 1.807) is 36.4 Å². The van der Waals surface area contributed by atoms with Gasteiger partial charge >= 0.3 is 5.97 Å². The standard InChI is InChI=1S/C15H13NO5/c17-11-5-3-4-10(8-11)15(20)16-12-6-1-2-7-13(12)21-9-14(18)19/h1-8,17H,9H2,(H,16,20)(H,18,19). The molecule has 21 heavy (non-hydrogen) atoms. The highest BCUT2D eigenvalue weighted by Gasteiger charge is 2.11. The fraction of sp³-hybridized carbons (Fsp3) is 0.0667. The molecule has 0 saturated carbocycles. The lowest BCUT2D eigenvalue weighted by molar-refractivity contribution is -0.139. The molecule has 6 nitrogen and oxygen atoms in total. The predicted molar refractivity (Wildman–Crippen MR) is 75.6 cm³/mol. The van der Waals surface area contributed by atoms with E-state index < -0.39 is 18.5 Å². The molecule has 6 heteroatoms. The zero-order valence-corrected chi connectivity index (χ0v) is 10.9. The Bertz CT molecular complexity index is 669. The molecule has 0 aliphatic heterocycles. The van der Waals surface area contributed by atoms with Gasteiger partial charge in [0.05, 0.1) is 5.69 Å². The van der Waals surface area contributed by atoms with Crippen molar-refractivity contribution in [1.82, 2.24) is 0 Å². The van der Waals surface area contributed by atoms with Gasteiger partial charge in [-0.05, 0) is 30.3 Å². The molecule has 0 atom stereocenters. The number of hydrogen-bond acceptors (Lipinski definition) is 4. The number of amides is 1. The van der Waals surface area contributed by atoms with Crippen LogP contribution in [0.5, 0.6) is 11.5 Å². The summed E-state index contributed by atoms with van der Waals surface area (Å²) < 4.78 is 5.10. The molecule has 0 spiro atoms. The average Bonchev–Trinajstić information content (AvgIpc) is 2.46. The van der Waals surface area contributed by atoms with Gasteiger partial charge in [-0.15, -0.1) is 0 Å². The SMILES string of the molecule is O=C(O)COc1ccccc1NC(=O)c1cccc(O)c1. The van der Waals surface area contributed by atoms with Crippen LogP contribution in [0.15, 0.2) is 48.5 Å². The van der Waals surface area contributed by atoms with E-state index in [0.717, 1.165) is 0 Å². The number of aliphatic carboxylic acids is 1. The van der Waals surface area contributed by atoms with Gasteiger partial charge in [0.1, 0.15) is 11.5 Å². The van der Waals surface area contributed by atoms with Crippen LogP contribution in [0.25, 0.3) is 0 Å². The summed E-state index contributed by atoms with van der Waals surface area (Å²) in [6.45, 7) is -0.501. The zero-order valence-electron chi connectivity index (χ0n) is 10.9. The second-order valence-electron chi connectivity index (χ2n) is 4.18. The molecule has 3 N–H and O–H groups in total. The Morgan fingerprint density at radius 2 is 1.86 bits per heavy atom. The smallest absolute Gasteiger partial charge is 0.341 e. The molecular formula is C15H13NO5. The van der Waals surface area contributed by atoms with E-state index in [0.29, 0.717) is 5.69 Å². The number of aromatic hydroxyl groups is 1. The lowest BCUT2D eigenvalue weighted by Gasteiger charge is -2.11. The first kappa shape index (κ1) is 14.4. The van der Waals surface area contributed by atoms with Crippen molar-refractivity contribution >= 4 is 17.6 Å². The lowest BCUT2D eigenvalue weighted by atomic mass is 10.2. The first-order valence-electron chi connectivity index (χ1n) is 6.10. The maximum Gasteiger partial charge on any atom is 0.341 e. The monoisotopic (exact) mass is 287 g/mol. The fourth-order valence-corrected chi connectivity index (χ4v) is 1.68. The van der Waals surface area contributed by atoms with Crippen LogP contribution in [0, 0.1) is 0 Å². The number of anilines is 1. The van der Waals surface area contributed by atoms with Gasteiger partial charge in [-0.1, -0.05) is 18.2 Å². The quantitative estimate of drug-likeness (QED) is 0.782. The Labute approximate surface area is 120 Å². The number of hydrogen-bond donors (Lipinski definition) is 3. The van der Waals surface area contributed by atoms with Crippen molar-refractivity contribution in [1.29, 1.82) is 0 Å². The van der Waals surface area contributed by atoms with Crippen LogP contribution in [-0.2, 0) is 4.79 Å². The highest BCUT2D eigenvalue weighted by atomic mass is 16.5. The number of benzene rings is 2. The number of carboxylic acid groups (broad SMARTS) is 1. The van der Waals surface area contributed by atoms with Crippen LogP contribution >= 0.6 is 0 Å². The van der Waals surface area contributed by atoms with Gasteiger partial charge in [0, 0.05) is 5.56 Å². The van der Waals surface area contributed by atoms with Gasteiger partial charge in [-0.3, -0.25) is 4.79 Å². The molecule has 0 bridgehead atoms. The third-order valence-electron chi connectivity index (χ3n) is 2.59. The second-order valence-corrected chi connectivity index (χ2v) is 4.18. The number of para-hydroxylation sites is 2. The molecule has 2 aromatic rings. The number of rotatable bonds is 5. The molecule has 0 saturated heterocycles. The van der Waals surface area contributed by atoms with Crippen molar-refractivity contribution in [3.05, 3.63) is 54.1 Å². The van der Waals surface area contributed by atoms with Crippen molar-refractivity contribution < 1.29 is 24.5 Å². The number of carbonyl (C=O) groups is 2. The van der Waals surface area contributed by atoms with Gasteiger partial charge < -0.3 is 20.3 Å². The number of ether oxygens (including phenoxy) is 1. The maximum absolute atomic E-state index is 12.1. The van der Waals surface area contributed by atoms with Crippen LogP contribution in [0.1, 0.15) is 10.4 Å². The number of phenols is 1. The summed E-state index contributed by atoms with van der Waals surface area (Å²) in [7, 11) is 0. The molecule has 0 radical (unpaired) electrons. The predicted octanol–water partition coefficient (Wildman–Crippen LogP) is 2.11. The molecule has 1 amide bonds. The average molecular weight is 287 g/mol. The van der Waals surface area contributed by atoms with Crippen LogP contribution in [0.2, 0.25) is 0 Å². The molecule has 0 aliphatic carbocycles. The van der Waals surface area contributed by atoms with Crippen molar-refractivity contribution in [2.24, 2.45) is 0 Å².